The maximum absolute atomic E-state index is 10.9. The fourth-order valence-corrected chi connectivity index (χ4v) is 1.85. The number of nitrogens with one attached hydrogen (secondary N) is 2. The van der Waals surface area contributed by atoms with E-state index in [9.17, 15) is 10.1 Å². The van der Waals surface area contributed by atoms with Gasteiger partial charge in [-0.2, -0.15) is 4.98 Å². The van der Waals surface area contributed by atoms with E-state index in [1.165, 1.54) is 12.1 Å². The van der Waals surface area contributed by atoms with Crippen LogP contribution in [0.4, 0.5) is 17.5 Å². The van der Waals surface area contributed by atoms with Crippen LogP contribution in [0.2, 0.25) is 0 Å². The number of nitrogens with zero attached hydrogens (tertiary/aromatic N) is 3. The van der Waals surface area contributed by atoms with Crippen molar-refractivity contribution in [2.45, 2.75) is 13.3 Å². The number of nitro benzene ring substituents is 1. The highest BCUT2D eigenvalue weighted by Crippen LogP contribution is 2.26. The zero-order valence-corrected chi connectivity index (χ0v) is 11.8. The van der Waals surface area contributed by atoms with Crippen LogP contribution in [0.1, 0.15) is 13.3 Å². The van der Waals surface area contributed by atoms with Gasteiger partial charge in [0.15, 0.2) is 0 Å². The number of hydrogen-bond donors (Lipinski definition) is 2. The van der Waals surface area contributed by atoms with E-state index in [4.69, 9.17) is 0 Å². The van der Waals surface area contributed by atoms with Crippen LogP contribution >= 0.6 is 0 Å². The van der Waals surface area contributed by atoms with Crippen molar-refractivity contribution < 1.29 is 4.92 Å². The summed E-state index contributed by atoms with van der Waals surface area (Å²) < 4.78 is 0. The zero-order chi connectivity index (χ0) is 15.2. The normalized spacial score (nSPS) is 10.3. The van der Waals surface area contributed by atoms with E-state index in [0.717, 1.165) is 13.0 Å². The molecule has 0 radical (unpaired) electrons. The highest BCUT2D eigenvalue weighted by Gasteiger charge is 2.12. The van der Waals surface area contributed by atoms with Gasteiger partial charge in [0.1, 0.15) is 5.82 Å². The van der Waals surface area contributed by atoms with Crippen LogP contribution in [-0.2, 0) is 0 Å². The molecule has 1 heterocycles. The first kappa shape index (κ1) is 14.7. The third-order valence-electron chi connectivity index (χ3n) is 2.84. The van der Waals surface area contributed by atoms with Gasteiger partial charge in [-0.25, -0.2) is 4.98 Å². The molecule has 2 rings (SSSR count). The lowest BCUT2D eigenvalue weighted by Crippen LogP contribution is -2.08. The Bertz CT molecular complexity index is 672. The summed E-state index contributed by atoms with van der Waals surface area (Å²) in [5.41, 5.74) is 0.679. The largest absolute Gasteiger partial charge is 0.369 e. The Kier molecular flexibility index (Phi) is 4.65. The molecular weight excluding hydrogens is 270 g/mol. The first-order chi connectivity index (χ1) is 10.2. The van der Waals surface area contributed by atoms with Crippen molar-refractivity contribution in [2.24, 2.45) is 0 Å². The summed E-state index contributed by atoms with van der Waals surface area (Å²) in [6.45, 7) is 6.95. The predicted octanol–water partition coefficient (Wildman–Crippen LogP) is 2.96. The summed E-state index contributed by atoms with van der Waals surface area (Å²) in [5.74, 6) is 1.06. The van der Waals surface area contributed by atoms with Crippen molar-refractivity contribution in [1.82, 2.24) is 9.97 Å². The van der Waals surface area contributed by atoms with Gasteiger partial charge in [-0.3, -0.25) is 10.1 Å². The van der Waals surface area contributed by atoms with Gasteiger partial charge in [-0.1, -0.05) is 13.0 Å². The number of fused-ring (bicyclic) bond motifs is 1. The van der Waals surface area contributed by atoms with E-state index in [1.807, 2.05) is 6.92 Å². The van der Waals surface area contributed by atoms with Crippen molar-refractivity contribution in [3.8, 4) is 0 Å². The molecule has 0 spiro atoms. The highest BCUT2D eigenvalue weighted by atomic mass is 16.6. The van der Waals surface area contributed by atoms with Gasteiger partial charge in [0.05, 0.1) is 10.4 Å². The van der Waals surface area contributed by atoms with Crippen molar-refractivity contribution in [2.75, 3.05) is 23.7 Å². The molecule has 1 aromatic carbocycles. The molecule has 0 saturated heterocycles. The standard InChI is InChI=1S/C14H17N5O2/c1-3-7-15-13-11-9-10(19(20)21)5-6-12(11)17-14(18-13)16-8-4-2/h4-6,9H,2-3,7-8H2,1H3,(H2,15,16,17,18). The fourth-order valence-electron chi connectivity index (χ4n) is 1.85. The average molecular weight is 287 g/mol. The van der Waals surface area contributed by atoms with Gasteiger partial charge in [0.2, 0.25) is 5.95 Å². The van der Waals surface area contributed by atoms with Gasteiger partial charge in [0, 0.05) is 30.6 Å². The Morgan fingerprint density at radius 1 is 1.38 bits per heavy atom. The summed E-state index contributed by atoms with van der Waals surface area (Å²) in [4.78, 5) is 19.2. The number of nitro groups is 1. The predicted molar refractivity (Wildman–Crippen MR) is 83.7 cm³/mol. The van der Waals surface area contributed by atoms with Crippen molar-refractivity contribution >= 4 is 28.4 Å². The summed E-state index contributed by atoms with van der Waals surface area (Å²) in [6.07, 6.45) is 2.64. The molecule has 2 aromatic rings. The van der Waals surface area contributed by atoms with Crippen LogP contribution in [0.5, 0.6) is 0 Å². The topological polar surface area (TPSA) is 93.0 Å². The fraction of sp³-hybridized carbons (Fsp3) is 0.286. The van der Waals surface area contributed by atoms with Gasteiger partial charge in [-0.05, 0) is 12.5 Å². The molecule has 110 valence electrons. The monoisotopic (exact) mass is 287 g/mol. The molecule has 21 heavy (non-hydrogen) atoms. The summed E-state index contributed by atoms with van der Waals surface area (Å²) >= 11 is 0. The van der Waals surface area contributed by atoms with E-state index in [2.05, 4.69) is 27.2 Å². The second-order valence-corrected chi connectivity index (χ2v) is 4.45. The molecule has 1 aromatic heterocycles. The molecule has 2 N–H and O–H groups in total. The number of benzene rings is 1. The molecule has 0 atom stereocenters. The van der Waals surface area contributed by atoms with Crippen LogP contribution < -0.4 is 10.6 Å². The highest BCUT2D eigenvalue weighted by molar-refractivity contribution is 5.91. The second kappa shape index (κ2) is 6.65. The number of anilines is 2. The lowest BCUT2D eigenvalue weighted by molar-refractivity contribution is -0.384. The molecule has 0 aliphatic carbocycles. The van der Waals surface area contributed by atoms with E-state index in [-0.39, 0.29) is 5.69 Å². The molecule has 0 amide bonds. The van der Waals surface area contributed by atoms with E-state index in [0.29, 0.717) is 29.2 Å². The van der Waals surface area contributed by atoms with Crippen LogP contribution in [0.15, 0.2) is 30.9 Å². The van der Waals surface area contributed by atoms with Gasteiger partial charge >= 0.3 is 0 Å². The minimum Gasteiger partial charge on any atom is -0.369 e. The summed E-state index contributed by atoms with van der Waals surface area (Å²) in [5, 5.41) is 17.7. The van der Waals surface area contributed by atoms with Crippen LogP contribution in [-0.4, -0.2) is 28.0 Å². The van der Waals surface area contributed by atoms with Crippen molar-refractivity contribution in [3.05, 3.63) is 41.0 Å². The summed E-state index contributed by atoms with van der Waals surface area (Å²) in [7, 11) is 0. The smallest absolute Gasteiger partial charge is 0.270 e. The Balaban J connectivity index is 2.50. The first-order valence-electron chi connectivity index (χ1n) is 6.70. The maximum Gasteiger partial charge on any atom is 0.270 e. The molecular formula is C14H17N5O2. The third-order valence-corrected chi connectivity index (χ3v) is 2.84. The molecule has 0 bridgehead atoms. The van der Waals surface area contributed by atoms with Gasteiger partial charge in [0.25, 0.3) is 5.69 Å². The quantitative estimate of drug-likeness (QED) is 0.462. The van der Waals surface area contributed by atoms with E-state index >= 15 is 0 Å². The number of aromatic nitrogens is 2. The van der Waals surface area contributed by atoms with Crippen molar-refractivity contribution in [1.29, 1.82) is 0 Å². The Labute approximate surface area is 122 Å². The molecule has 0 aliphatic rings. The average Bonchev–Trinajstić information content (AvgIpc) is 2.49. The molecule has 0 fully saturated rings. The number of hydrogen-bond acceptors (Lipinski definition) is 6. The van der Waals surface area contributed by atoms with Gasteiger partial charge < -0.3 is 10.6 Å². The first-order valence-corrected chi connectivity index (χ1v) is 6.70. The minimum absolute atomic E-state index is 0.0254. The van der Waals surface area contributed by atoms with Crippen LogP contribution in [0.25, 0.3) is 10.9 Å². The Hall–Kier alpha value is -2.70. The van der Waals surface area contributed by atoms with E-state index < -0.39 is 4.92 Å². The number of non-ortho nitro benzene ring substituents is 1. The third kappa shape index (κ3) is 3.44. The Morgan fingerprint density at radius 3 is 2.86 bits per heavy atom. The van der Waals surface area contributed by atoms with Gasteiger partial charge in [-0.15, -0.1) is 6.58 Å². The lowest BCUT2D eigenvalue weighted by atomic mass is 10.2. The summed E-state index contributed by atoms with van der Waals surface area (Å²) in [6, 6.07) is 4.56. The molecule has 7 nitrogen and oxygen atoms in total. The number of rotatable bonds is 7. The molecule has 0 aliphatic heterocycles. The maximum atomic E-state index is 10.9. The zero-order valence-electron chi connectivity index (χ0n) is 11.8. The van der Waals surface area contributed by atoms with Crippen LogP contribution in [0.3, 0.4) is 0 Å². The SMILES string of the molecule is C=CCNc1nc(NCCC)c2cc([N+](=O)[O-])ccc2n1. The van der Waals surface area contributed by atoms with E-state index in [1.54, 1.807) is 12.1 Å². The minimum atomic E-state index is -0.424. The van der Waals surface area contributed by atoms with Crippen molar-refractivity contribution in [3.63, 3.8) is 0 Å². The molecule has 0 unspecified atom stereocenters. The lowest BCUT2D eigenvalue weighted by Gasteiger charge is -2.10. The second-order valence-electron chi connectivity index (χ2n) is 4.45. The Morgan fingerprint density at radius 2 is 2.19 bits per heavy atom. The van der Waals surface area contributed by atoms with Crippen LogP contribution in [0, 0.1) is 10.1 Å². The molecule has 7 heteroatoms. The molecule has 0 saturated carbocycles.